The zero-order chi connectivity index (χ0) is 11.8. The van der Waals surface area contributed by atoms with Crippen LogP contribution in [-0.4, -0.2) is 27.3 Å². The Morgan fingerprint density at radius 1 is 1.25 bits per heavy atom. The Kier molecular flexibility index (Phi) is 6.12. The molecule has 0 unspecified atom stereocenters. The molecule has 0 amide bonds. The highest BCUT2D eigenvalue weighted by Gasteiger charge is 2.05. The van der Waals surface area contributed by atoms with Gasteiger partial charge in [0.1, 0.15) is 0 Å². The van der Waals surface area contributed by atoms with E-state index in [0.29, 0.717) is 0 Å². The van der Waals surface area contributed by atoms with Crippen LogP contribution in [0.25, 0.3) is 6.08 Å². The van der Waals surface area contributed by atoms with Crippen LogP contribution in [0.15, 0.2) is 30.8 Å². The SMILES string of the molecule is C=Cc1cccc([Si]N(CCC)CCC)c1. The summed E-state index contributed by atoms with van der Waals surface area (Å²) in [6, 6.07) is 8.67. The Morgan fingerprint density at radius 3 is 2.50 bits per heavy atom. The summed E-state index contributed by atoms with van der Waals surface area (Å²) in [5.41, 5.74) is 1.22. The zero-order valence-electron chi connectivity index (χ0n) is 10.4. The first-order chi connectivity index (χ1) is 7.80. The molecule has 2 radical (unpaired) electrons. The number of nitrogens with zero attached hydrogens (tertiary/aromatic N) is 1. The van der Waals surface area contributed by atoms with Gasteiger partial charge in [-0.25, -0.2) is 0 Å². The van der Waals surface area contributed by atoms with E-state index in [1.165, 1.54) is 36.7 Å². The summed E-state index contributed by atoms with van der Waals surface area (Å²) in [6.45, 7) is 10.7. The molecule has 1 aromatic rings. The van der Waals surface area contributed by atoms with Crippen molar-refractivity contribution in [3.63, 3.8) is 0 Å². The molecular weight excluding hydrogens is 210 g/mol. The predicted molar refractivity (Wildman–Crippen MR) is 74.1 cm³/mol. The van der Waals surface area contributed by atoms with E-state index < -0.39 is 0 Å². The summed E-state index contributed by atoms with van der Waals surface area (Å²) in [7, 11) is 0.794. The highest BCUT2D eigenvalue weighted by Crippen LogP contribution is 1.99. The van der Waals surface area contributed by atoms with E-state index in [1.54, 1.807) is 0 Å². The van der Waals surface area contributed by atoms with Gasteiger partial charge in [0.05, 0.1) is 0 Å². The van der Waals surface area contributed by atoms with E-state index in [-0.39, 0.29) is 0 Å². The third-order valence-corrected chi connectivity index (χ3v) is 3.73. The molecule has 0 aromatic heterocycles. The molecule has 0 aliphatic rings. The van der Waals surface area contributed by atoms with Crippen LogP contribution in [0.2, 0.25) is 0 Å². The van der Waals surface area contributed by atoms with Crippen LogP contribution >= 0.6 is 0 Å². The molecule has 0 aliphatic carbocycles. The van der Waals surface area contributed by atoms with Gasteiger partial charge in [0.15, 0.2) is 9.68 Å². The van der Waals surface area contributed by atoms with E-state index in [0.717, 1.165) is 9.68 Å². The standard InChI is InChI=1S/C14H21NSi/c1-4-10-15(11-5-2)16-14-9-7-8-13(6-3)12-14/h6-9,12H,3-5,10-11H2,1-2H3. The van der Waals surface area contributed by atoms with Crippen LogP contribution in [0.3, 0.4) is 0 Å². The van der Waals surface area contributed by atoms with E-state index in [2.05, 4.69) is 49.3 Å². The number of benzene rings is 1. The second kappa shape index (κ2) is 7.42. The maximum atomic E-state index is 3.81. The highest BCUT2D eigenvalue weighted by molar-refractivity contribution is 6.50. The first-order valence-electron chi connectivity index (χ1n) is 6.04. The van der Waals surface area contributed by atoms with E-state index in [1.807, 2.05) is 6.08 Å². The molecular formula is C14H21NSi. The van der Waals surface area contributed by atoms with Gasteiger partial charge in [0.25, 0.3) is 0 Å². The van der Waals surface area contributed by atoms with Crippen molar-refractivity contribution in [1.82, 2.24) is 4.57 Å². The molecule has 0 fully saturated rings. The fraction of sp³-hybridized carbons (Fsp3) is 0.429. The Labute approximate surface area is 102 Å². The molecule has 0 N–H and O–H groups in total. The van der Waals surface area contributed by atoms with Gasteiger partial charge in [0, 0.05) is 0 Å². The van der Waals surface area contributed by atoms with Gasteiger partial charge in [-0.15, -0.1) is 0 Å². The van der Waals surface area contributed by atoms with Gasteiger partial charge < -0.3 is 4.57 Å². The van der Waals surface area contributed by atoms with Crippen molar-refractivity contribution in [2.75, 3.05) is 13.1 Å². The Morgan fingerprint density at radius 2 is 1.94 bits per heavy atom. The summed E-state index contributed by atoms with van der Waals surface area (Å²) in [6.07, 6.45) is 4.38. The summed E-state index contributed by atoms with van der Waals surface area (Å²) < 4.78 is 2.54. The topological polar surface area (TPSA) is 3.24 Å². The molecule has 0 bridgehead atoms. The molecule has 1 aromatic carbocycles. The van der Waals surface area contributed by atoms with Gasteiger partial charge in [0.2, 0.25) is 0 Å². The van der Waals surface area contributed by atoms with Crippen LogP contribution in [0.4, 0.5) is 0 Å². The molecule has 1 nitrogen and oxygen atoms in total. The van der Waals surface area contributed by atoms with Crippen LogP contribution < -0.4 is 5.19 Å². The number of hydrogen-bond donors (Lipinski definition) is 0. The van der Waals surface area contributed by atoms with Gasteiger partial charge in [-0.05, 0) is 36.7 Å². The van der Waals surface area contributed by atoms with E-state index in [9.17, 15) is 0 Å². The number of rotatable bonds is 7. The van der Waals surface area contributed by atoms with Crippen molar-refractivity contribution in [3.05, 3.63) is 36.4 Å². The molecule has 16 heavy (non-hydrogen) atoms. The minimum absolute atomic E-state index is 0.794. The van der Waals surface area contributed by atoms with Gasteiger partial charge >= 0.3 is 0 Å². The summed E-state index contributed by atoms with van der Waals surface area (Å²) >= 11 is 0. The highest BCUT2D eigenvalue weighted by atomic mass is 28.2. The minimum Gasteiger partial charge on any atom is -0.322 e. The molecule has 0 heterocycles. The lowest BCUT2D eigenvalue weighted by Crippen LogP contribution is -2.37. The van der Waals surface area contributed by atoms with Crippen LogP contribution in [0.5, 0.6) is 0 Å². The van der Waals surface area contributed by atoms with Crippen LogP contribution in [-0.2, 0) is 0 Å². The lowest BCUT2D eigenvalue weighted by Gasteiger charge is -2.19. The van der Waals surface area contributed by atoms with Crippen molar-refractivity contribution >= 4 is 20.9 Å². The zero-order valence-corrected chi connectivity index (χ0v) is 11.4. The van der Waals surface area contributed by atoms with Crippen LogP contribution in [0.1, 0.15) is 32.3 Å². The molecule has 0 saturated carbocycles. The normalized spacial score (nSPS) is 10.7. The molecule has 1 rings (SSSR count). The minimum atomic E-state index is 0.794. The van der Waals surface area contributed by atoms with Crippen molar-refractivity contribution in [3.8, 4) is 0 Å². The second-order valence-electron chi connectivity index (χ2n) is 3.93. The smallest absolute Gasteiger partial charge is 0.182 e. The maximum absolute atomic E-state index is 3.81. The second-order valence-corrected chi connectivity index (χ2v) is 5.36. The molecule has 0 spiro atoms. The van der Waals surface area contributed by atoms with Crippen molar-refractivity contribution in [2.45, 2.75) is 26.7 Å². The fourth-order valence-corrected chi connectivity index (χ4v) is 3.12. The number of hydrogen-bond acceptors (Lipinski definition) is 1. The molecule has 0 atom stereocenters. The van der Waals surface area contributed by atoms with Gasteiger partial charge in [-0.2, -0.15) is 0 Å². The fourth-order valence-electron chi connectivity index (χ4n) is 1.68. The average Bonchev–Trinajstić information content (AvgIpc) is 2.30. The molecule has 0 saturated heterocycles. The maximum Gasteiger partial charge on any atom is 0.182 e. The summed E-state index contributed by atoms with van der Waals surface area (Å²) in [5.74, 6) is 0. The lowest BCUT2D eigenvalue weighted by atomic mass is 10.2. The van der Waals surface area contributed by atoms with Crippen molar-refractivity contribution < 1.29 is 0 Å². The third kappa shape index (κ3) is 4.33. The molecule has 0 aliphatic heterocycles. The summed E-state index contributed by atoms with van der Waals surface area (Å²) in [4.78, 5) is 0. The van der Waals surface area contributed by atoms with Crippen LogP contribution in [0, 0.1) is 0 Å². The lowest BCUT2D eigenvalue weighted by molar-refractivity contribution is 0.445. The van der Waals surface area contributed by atoms with Crippen molar-refractivity contribution in [2.24, 2.45) is 0 Å². The first kappa shape index (κ1) is 13.2. The average molecular weight is 231 g/mol. The Balaban J connectivity index is 2.64. The molecule has 86 valence electrons. The Bertz CT molecular complexity index is 316. The first-order valence-corrected chi connectivity index (χ1v) is 6.99. The molecule has 2 heteroatoms. The van der Waals surface area contributed by atoms with E-state index >= 15 is 0 Å². The van der Waals surface area contributed by atoms with Gasteiger partial charge in [-0.3, -0.25) is 0 Å². The Hall–Kier alpha value is -0.863. The largest absolute Gasteiger partial charge is 0.322 e. The predicted octanol–water partition coefficient (Wildman–Crippen LogP) is 2.70. The summed E-state index contributed by atoms with van der Waals surface area (Å²) in [5, 5.41) is 1.42. The van der Waals surface area contributed by atoms with Crippen molar-refractivity contribution in [1.29, 1.82) is 0 Å². The monoisotopic (exact) mass is 231 g/mol. The third-order valence-electron chi connectivity index (χ3n) is 2.40. The quantitative estimate of drug-likeness (QED) is 0.652. The van der Waals surface area contributed by atoms with Gasteiger partial charge in [-0.1, -0.05) is 50.8 Å². The van der Waals surface area contributed by atoms with E-state index in [4.69, 9.17) is 0 Å².